The maximum absolute atomic E-state index is 12.7. The molecule has 0 unspecified atom stereocenters. The van der Waals surface area contributed by atoms with Crippen molar-refractivity contribution in [1.29, 1.82) is 0 Å². The third kappa shape index (κ3) is 2.99. The second kappa shape index (κ2) is 7.01. The lowest BCUT2D eigenvalue weighted by molar-refractivity contribution is -0.140. The zero-order chi connectivity index (χ0) is 21.0. The number of amides is 1. The maximum Gasteiger partial charge on any atom is 0.225 e. The largest absolute Gasteiger partial charge is 0.491 e. The number of para-hydroxylation sites is 1. The minimum atomic E-state index is -0.752. The smallest absolute Gasteiger partial charge is 0.225 e. The normalized spacial score (nSPS) is 23.1. The van der Waals surface area contributed by atoms with Gasteiger partial charge in [-0.1, -0.05) is 35.9 Å². The monoisotopic (exact) mass is 433 g/mol. The molecular weight excluding hydrogens is 414 g/mol. The first kappa shape index (κ1) is 18.7. The summed E-state index contributed by atoms with van der Waals surface area (Å²) in [6, 6.07) is 21.3. The van der Waals surface area contributed by atoms with E-state index in [1.165, 1.54) is 0 Å². The Hall–Kier alpha value is -3.02. The summed E-state index contributed by atoms with van der Waals surface area (Å²) in [6.45, 7) is 0.876. The van der Waals surface area contributed by atoms with Crippen LogP contribution in [0.4, 0.5) is 0 Å². The molecule has 5 nitrogen and oxygen atoms in total. The third-order valence-electron chi connectivity index (χ3n) is 6.24. The molecule has 6 rings (SSSR count). The number of rotatable bonds is 4. The van der Waals surface area contributed by atoms with Gasteiger partial charge in [-0.2, -0.15) is 0 Å². The van der Waals surface area contributed by atoms with E-state index < -0.39 is 5.72 Å². The van der Waals surface area contributed by atoms with Crippen molar-refractivity contribution in [3.63, 3.8) is 0 Å². The highest BCUT2D eigenvalue weighted by Gasteiger charge is 2.54. The Morgan fingerprint density at radius 2 is 1.84 bits per heavy atom. The molecule has 3 aromatic carbocycles. The van der Waals surface area contributed by atoms with Gasteiger partial charge in [0, 0.05) is 34.2 Å². The van der Waals surface area contributed by atoms with Crippen LogP contribution in [0.15, 0.2) is 71.1 Å². The number of benzene rings is 3. The van der Waals surface area contributed by atoms with Crippen LogP contribution in [0.1, 0.15) is 18.4 Å². The molecule has 1 aromatic heterocycles. The van der Waals surface area contributed by atoms with Crippen LogP contribution in [-0.4, -0.2) is 30.1 Å². The highest BCUT2D eigenvalue weighted by Crippen LogP contribution is 2.47. The number of ether oxygens (including phenoxy) is 2. The number of furan rings is 1. The fraction of sp³-hybridized carbons (Fsp3) is 0.240. The van der Waals surface area contributed by atoms with Crippen LogP contribution in [0.2, 0.25) is 5.02 Å². The van der Waals surface area contributed by atoms with Crippen molar-refractivity contribution < 1.29 is 18.7 Å². The van der Waals surface area contributed by atoms with Crippen molar-refractivity contribution in [3.8, 4) is 5.75 Å². The molecule has 0 spiro atoms. The van der Waals surface area contributed by atoms with Crippen molar-refractivity contribution in [2.75, 3.05) is 13.2 Å². The van der Waals surface area contributed by atoms with Crippen molar-refractivity contribution >= 4 is 39.4 Å². The first-order valence-corrected chi connectivity index (χ1v) is 10.8. The Labute approximate surface area is 184 Å². The number of nitrogens with zero attached hydrogens (tertiary/aromatic N) is 1. The van der Waals surface area contributed by atoms with Crippen molar-refractivity contribution in [2.24, 2.45) is 0 Å². The van der Waals surface area contributed by atoms with Gasteiger partial charge in [-0.25, -0.2) is 0 Å². The Morgan fingerprint density at radius 3 is 2.71 bits per heavy atom. The minimum absolute atomic E-state index is 0.117. The first-order chi connectivity index (χ1) is 15.1. The summed E-state index contributed by atoms with van der Waals surface area (Å²) >= 11 is 5.94. The molecule has 4 aromatic rings. The molecule has 156 valence electrons. The second-order valence-electron chi connectivity index (χ2n) is 8.10. The molecule has 6 heteroatoms. The van der Waals surface area contributed by atoms with Gasteiger partial charge in [0.2, 0.25) is 5.91 Å². The number of carbonyl (C=O) groups is 1. The lowest BCUT2D eigenvalue weighted by atomic mass is 9.98. The van der Waals surface area contributed by atoms with E-state index >= 15 is 0 Å². The maximum atomic E-state index is 12.7. The van der Waals surface area contributed by atoms with Gasteiger partial charge >= 0.3 is 0 Å². The molecule has 2 saturated heterocycles. The van der Waals surface area contributed by atoms with Crippen molar-refractivity contribution in [2.45, 2.75) is 24.7 Å². The van der Waals surface area contributed by atoms with E-state index in [9.17, 15) is 4.79 Å². The molecule has 2 atom stereocenters. The van der Waals surface area contributed by atoms with Crippen molar-refractivity contribution in [3.05, 3.63) is 77.3 Å². The van der Waals surface area contributed by atoms with E-state index in [1.807, 2.05) is 47.4 Å². The third-order valence-corrected chi connectivity index (χ3v) is 6.49. The van der Waals surface area contributed by atoms with Gasteiger partial charge in [0.05, 0.1) is 6.54 Å². The summed E-state index contributed by atoms with van der Waals surface area (Å²) in [5, 5.41) is 2.76. The molecule has 2 aliphatic heterocycles. The first-order valence-electron chi connectivity index (χ1n) is 10.4. The predicted molar refractivity (Wildman–Crippen MR) is 118 cm³/mol. The Kier molecular flexibility index (Phi) is 4.23. The van der Waals surface area contributed by atoms with E-state index in [2.05, 4.69) is 12.1 Å². The van der Waals surface area contributed by atoms with Gasteiger partial charge in [0.25, 0.3) is 0 Å². The van der Waals surface area contributed by atoms with E-state index in [4.69, 9.17) is 25.5 Å². The fourth-order valence-electron chi connectivity index (χ4n) is 4.78. The van der Waals surface area contributed by atoms with Gasteiger partial charge < -0.3 is 18.8 Å². The summed E-state index contributed by atoms with van der Waals surface area (Å²) in [7, 11) is 0. The number of carbonyl (C=O) groups excluding carboxylic acids is 1. The van der Waals surface area contributed by atoms with Crippen LogP contribution in [0, 0.1) is 0 Å². The zero-order valence-electron chi connectivity index (χ0n) is 16.7. The lowest BCUT2D eigenvalue weighted by Gasteiger charge is -2.31. The number of hydrogen-bond acceptors (Lipinski definition) is 4. The van der Waals surface area contributed by atoms with Gasteiger partial charge in [-0.15, -0.1) is 0 Å². The zero-order valence-corrected chi connectivity index (χ0v) is 17.5. The topological polar surface area (TPSA) is 51.9 Å². The summed E-state index contributed by atoms with van der Waals surface area (Å²) in [5.74, 6) is 0.845. The summed E-state index contributed by atoms with van der Waals surface area (Å²) < 4.78 is 18.4. The summed E-state index contributed by atoms with van der Waals surface area (Å²) in [5.41, 5.74) is 1.91. The molecule has 2 fully saturated rings. The molecule has 0 aliphatic carbocycles. The predicted octanol–water partition coefficient (Wildman–Crippen LogP) is 5.49. The second-order valence-corrected chi connectivity index (χ2v) is 8.54. The van der Waals surface area contributed by atoms with E-state index in [0.717, 1.165) is 33.3 Å². The SMILES string of the molecule is O=C1CC[C@]2(c3ccc4oc5ccccc5c4c3)O[C@H](COc3ccc(Cl)cc3)CN12. The summed E-state index contributed by atoms with van der Waals surface area (Å²) in [6.07, 6.45) is 0.899. The van der Waals surface area contributed by atoms with Gasteiger partial charge in [0.1, 0.15) is 29.6 Å². The van der Waals surface area contributed by atoms with Crippen LogP contribution in [-0.2, 0) is 15.3 Å². The average molecular weight is 434 g/mol. The van der Waals surface area contributed by atoms with Crippen LogP contribution < -0.4 is 4.74 Å². The highest BCUT2D eigenvalue weighted by atomic mass is 35.5. The molecule has 0 bridgehead atoms. The van der Waals surface area contributed by atoms with Gasteiger partial charge in [0.15, 0.2) is 5.72 Å². The lowest BCUT2D eigenvalue weighted by Crippen LogP contribution is -2.38. The fourth-order valence-corrected chi connectivity index (χ4v) is 4.91. The van der Waals surface area contributed by atoms with Gasteiger partial charge in [-0.05, 0) is 42.5 Å². The Morgan fingerprint density at radius 1 is 1.03 bits per heavy atom. The molecule has 1 amide bonds. The van der Waals surface area contributed by atoms with E-state index in [1.54, 1.807) is 12.1 Å². The van der Waals surface area contributed by atoms with Crippen molar-refractivity contribution in [1.82, 2.24) is 4.90 Å². The number of fused-ring (bicyclic) bond motifs is 4. The molecule has 3 heterocycles. The van der Waals surface area contributed by atoms with Crippen LogP contribution in [0.25, 0.3) is 21.9 Å². The number of hydrogen-bond donors (Lipinski definition) is 0. The van der Waals surface area contributed by atoms with E-state index in [0.29, 0.717) is 31.0 Å². The molecular formula is C25H20ClNO4. The molecule has 0 N–H and O–H groups in total. The van der Waals surface area contributed by atoms with E-state index in [-0.39, 0.29) is 12.0 Å². The van der Waals surface area contributed by atoms with Crippen LogP contribution in [0.5, 0.6) is 5.75 Å². The quantitative estimate of drug-likeness (QED) is 0.427. The average Bonchev–Trinajstić information content (AvgIpc) is 3.44. The van der Waals surface area contributed by atoms with Crippen LogP contribution in [0.3, 0.4) is 0 Å². The van der Waals surface area contributed by atoms with Crippen LogP contribution >= 0.6 is 11.6 Å². The number of halogens is 1. The molecule has 31 heavy (non-hydrogen) atoms. The Balaban J connectivity index is 1.32. The molecule has 0 radical (unpaired) electrons. The Bertz CT molecular complexity index is 1300. The molecule has 2 aliphatic rings. The highest BCUT2D eigenvalue weighted by molar-refractivity contribution is 6.30. The standard InChI is InChI=1S/C25H20ClNO4/c26-17-6-8-18(9-7-17)29-15-19-14-27-24(28)11-12-25(27,31-19)16-5-10-23-21(13-16)20-3-1-2-4-22(20)30-23/h1-10,13,19H,11-12,14-15H2/t19-,25+/m0/s1. The molecule has 0 saturated carbocycles. The minimum Gasteiger partial charge on any atom is -0.491 e. The van der Waals surface area contributed by atoms with Gasteiger partial charge in [-0.3, -0.25) is 4.79 Å². The summed E-state index contributed by atoms with van der Waals surface area (Å²) in [4.78, 5) is 14.6.